The molecule has 0 saturated carbocycles. The van der Waals surface area contributed by atoms with Gasteiger partial charge in [-0.1, -0.05) is 45.7 Å². The maximum Gasteiger partial charge on any atom is 0.224 e. The number of amides is 1. The lowest BCUT2D eigenvalue weighted by Crippen LogP contribution is -2.13. The molecule has 2 aromatic rings. The molecule has 3 nitrogen and oxygen atoms in total. The molecule has 3 N–H and O–H groups in total. The van der Waals surface area contributed by atoms with Crippen LogP contribution in [0.25, 0.3) is 0 Å². The number of nitrogen functional groups attached to an aromatic ring is 1. The quantitative estimate of drug-likeness (QED) is 0.807. The number of aryl methyl sites for hydroxylation is 1. The average molecular weight is 354 g/mol. The first-order valence-electron chi connectivity index (χ1n) is 6.14. The molecule has 0 heterocycles. The Morgan fingerprint density at radius 2 is 2.00 bits per heavy atom. The Labute approximate surface area is 131 Å². The third-order valence-electron chi connectivity index (χ3n) is 2.88. The summed E-state index contributed by atoms with van der Waals surface area (Å²) >= 11 is 9.37. The van der Waals surface area contributed by atoms with E-state index in [9.17, 15) is 4.79 Å². The molecule has 20 heavy (non-hydrogen) atoms. The van der Waals surface area contributed by atoms with E-state index in [-0.39, 0.29) is 5.91 Å². The predicted octanol–water partition coefficient (Wildman–Crippen LogP) is 4.26. The molecule has 2 aromatic carbocycles. The highest BCUT2D eigenvalue weighted by Gasteiger charge is 2.07. The third kappa shape index (κ3) is 3.99. The van der Waals surface area contributed by atoms with Gasteiger partial charge in [-0.05, 0) is 36.2 Å². The summed E-state index contributed by atoms with van der Waals surface area (Å²) in [5.74, 6) is -0.0857. The molecule has 1 amide bonds. The lowest BCUT2D eigenvalue weighted by Gasteiger charge is -2.08. The second-order valence-corrected chi connectivity index (χ2v) is 5.69. The third-order valence-corrected chi connectivity index (χ3v) is 3.69. The molecule has 0 fully saturated rings. The van der Waals surface area contributed by atoms with Crippen LogP contribution in [0.1, 0.15) is 12.0 Å². The number of carbonyl (C=O) groups is 1. The van der Waals surface area contributed by atoms with Gasteiger partial charge in [0.1, 0.15) is 0 Å². The van der Waals surface area contributed by atoms with Gasteiger partial charge >= 0.3 is 0 Å². The molecule has 0 spiro atoms. The maximum absolute atomic E-state index is 11.9. The summed E-state index contributed by atoms with van der Waals surface area (Å²) in [4.78, 5) is 11.9. The molecule has 0 aliphatic carbocycles. The van der Waals surface area contributed by atoms with Crippen molar-refractivity contribution in [2.24, 2.45) is 0 Å². The number of hydrogen-bond acceptors (Lipinski definition) is 2. The van der Waals surface area contributed by atoms with Crippen molar-refractivity contribution in [3.05, 3.63) is 57.5 Å². The lowest BCUT2D eigenvalue weighted by molar-refractivity contribution is -0.116. The second kappa shape index (κ2) is 6.77. The molecule has 0 radical (unpaired) electrons. The summed E-state index contributed by atoms with van der Waals surface area (Å²) in [5.41, 5.74) is 8.14. The monoisotopic (exact) mass is 352 g/mol. The van der Waals surface area contributed by atoms with Gasteiger partial charge in [0.25, 0.3) is 0 Å². The summed E-state index contributed by atoms with van der Waals surface area (Å²) in [6.45, 7) is 0. The van der Waals surface area contributed by atoms with E-state index in [2.05, 4.69) is 21.2 Å². The van der Waals surface area contributed by atoms with Gasteiger partial charge in [-0.15, -0.1) is 0 Å². The highest BCUT2D eigenvalue weighted by molar-refractivity contribution is 9.10. The van der Waals surface area contributed by atoms with E-state index in [1.165, 1.54) is 0 Å². The molecule has 2 rings (SSSR count). The topological polar surface area (TPSA) is 55.1 Å². The van der Waals surface area contributed by atoms with Crippen molar-refractivity contribution in [3.63, 3.8) is 0 Å². The van der Waals surface area contributed by atoms with Crippen LogP contribution in [-0.2, 0) is 11.2 Å². The van der Waals surface area contributed by atoms with Gasteiger partial charge < -0.3 is 11.1 Å². The Hall–Kier alpha value is -1.52. The van der Waals surface area contributed by atoms with Crippen LogP contribution in [0.4, 0.5) is 11.4 Å². The van der Waals surface area contributed by atoms with E-state index >= 15 is 0 Å². The molecule has 0 aromatic heterocycles. The molecule has 5 heteroatoms. The summed E-state index contributed by atoms with van der Waals surface area (Å²) in [6, 6.07) is 12.9. The first-order chi connectivity index (χ1) is 9.56. The number of hydrogen-bond donors (Lipinski definition) is 2. The molecule has 104 valence electrons. The molecule has 0 atom stereocenters. The fourth-order valence-corrected chi connectivity index (χ4v) is 2.53. The van der Waals surface area contributed by atoms with E-state index < -0.39 is 0 Å². The summed E-state index contributed by atoms with van der Waals surface area (Å²) in [5, 5.41) is 3.30. The Bertz CT molecular complexity index is 631. The molecule has 0 aliphatic heterocycles. The minimum absolute atomic E-state index is 0.0857. The largest absolute Gasteiger partial charge is 0.399 e. The first-order valence-corrected chi connectivity index (χ1v) is 7.31. The highest BCUT2D eigenvalue weighted by Crippen LogP contribution is 2.25. The van der Waals surface area contributed by atoms with E-state index in [0.29, 0.717) is 29.2 Å². The van der Waals surface area contributed by atoms with Crippen molar-refractivity contribution in [1.29, 1.82) is 0 Å². The van der Waals surface area contributed by atoms with Crippen LogP contribution < -0.4 is 11.1 Å². The van der Waals surface area contributed by atoms with Crippen LogP contribution in [0.3, 0.4) is 0 Å². The Kier molecular flexibility index (Phi) is 5.04. The minimum atomic E-state index is -0.0857. The number of carbonyl (C=O) groups excluding carboxylic acids is 1. The van der Waals surface area contributed by atoms with Gasteiger partial charge in [-0.3, -0.25) is 4.79 Å². The van der Waals surface area contributed by atoms with Crippen LogP contribution in [-0.4, -0.2) is 5.91 Å². The van der Waals surface area contributed by atoms with Gasteiger partial charge in [-0.25, -0.2) is 0 Å². The average Bonchev–Trinajstić information content (AvgIpc) is 2.41. The number of anilines is 2. The van der Waals surface area contributed by atoms with Crippen molar-refractivity contribution in [2.45, 2.75) is 12.8 Å². The second-order valence-electron chi connectivity index (χ2n) is 4.37. The van der Waals surface area contributed by atoms with E-state index in [0.717, 1.165) is 10.0 Å². The van der Waals surface area contributed by atoms with Gasteiger partial charge in [0, 0.05) is 16.6 Å². The number of nitrogens with two attached hydrogens (primary N) is 1. The fraction of sp³-hybridized carbons (Fsp3) is 0.133. The number of nitrogens with one attached hydrogen (secondary N) is 1. The Morgan fingerprint density at radius 1 is 1.25 bits per heavy atom. The van der Waals surface area contributed by atoms with Crippen LogP contribution >= 0.6 is 27.5 Å². The zero-order valence-corrected chi connectivity index (χ0v) is 13.0. The summed E-state index contributed by atoms with van der Waals surface area (Å²) < 4.78 is 0.873. The molecule has 0 bridgehead atoms. The van der Waals surface area contributed by atoms with Crippen molar-refractivity contribution in [2.75, 3.05) is 11.1 Å². The first kappa shape index (κ1) is 14.9. The van der Waals surface area contributed by atoms with Crippen molar-refractivity contribution >= 4 is 44.8 Å². The predicted molar refractivity (Wildman–Crippen MR) is 87.0 cm³/mol. The van der Waals surface area contributed by atoms with E-state index in [1.54, 1.807) is 12.1 Å². The Balaban J connectivity index is 1.94. The van der Waals surface area contributed by atoms with Crippen molar-refractivity contribution < 1.29 is 4.79 Å². The smallest absolute Gasteiger partial charge is 0.224 e. The van der Waals surface area contributed by atoms with Crippen molar-refractivity contribution in [3.8, 4) is 0 Å². The fourth-order valence-electron chi connectivity index (χ4n) is 1.81. The van der Waals surface area contributed by atoms with Crippen LogP contribution in [0, 0.1) is 0 Å². The van der Waals surface area contributed by atoms with Gasteiger partial charge in [0.05, 0.1) is 10.7 Å². The molecular weight excluding hydrogens is 340 g/mol. The molecule has 0 aliphatic rings. The SMILES string of the molecule is Nc1ccccc1CCC(=O)Nc1ccc(Br)cc1Cl. The van der Waals surface area contributed by atoms with E-state index in [1.807, 2.05) is 30.3 Å². The van der Waals surface area contributed by atoms with Crippen LogP contribution in [0.5, 0.6) is 0 Å². The number of benzene rings is 2. The summed E-state index contributed by atoms with van der Waals surface area (Å²) in [7, 11) is 0. The number of halogens is 2. The van der Waals surface area contributed by atoms with Gasteiger partial charge in [-0.2, -0.15) is 0 Å². The van der Waals surface area contributed by atoms with Gasteiger partial charge in [0.15, 0.2) is 0 Å². The zero-order valence-electron chi connectivity index (χ0n) is 10.7. The Morgan fingerprint density at radius 3 is 2.70 bits per heavy atom. The van der Waals surface area contributed by atoms with E-state index in [4.69, 9.17) is 17.3 Å². The number of rotatable bonds is 4. The summed E-state index contributed by atoms with van der Waals surface area (Å²) in [6.07, 6.45) is 0.966. The number of para-hydroxylation sites is 1. The van der Waals surface area contributed by atoms with Crippen LogP contribution in [0.2, 0.25) is 5.02 Å². The molecular formula is C15H14BrClN2O. The maximum atomic E-state index is 11.9. The highest BCUT2D eigenvalue weighted by atomic mass is 79.9. The van der Waals surface area contributed by atoms with Crippen molar-refractivity contribution in [1.82, 2.24) is 0 Å². The lowest BCUT2D eigenvalue weighted by atomic mass is 10.1. The molecule has 0 unspecified atom stereocenters. The molecule has 0 saturated heterocycles. The van der Waals surface area contributed by atoms with Gasteiger partial charge in [0.2, 0.25) is 5.91 Å². The normalized spacial score (nSPS) is 10.3. The minimum Gasteiger partial charge on any atom is -0.399 e. The van der Waals surface area contributed by atoms with Crippen LogP contribution in [0.15, 0.2) is 46.9 Å². The zero-order chi connectivity index (χ0) is 14.5. The standard InChI is InChI=1S/C15H14BrClN2O/c16-11-6-7-14(12(17)9-11)19-15(20)8-5-10-3-1-2-4-13(10)18/h1-4,6-7,9H,5,8,18H2,(H,19,20).